The Bertz CT molecular complexity index is 490. The first-order valence-electron chi connectivity index (χ1n) is 5.02. The zero-order chi connectivity index (χ0) is 12.8. The summed E-state index contributed by atoms with van der Waals surface area (Å²) in [7, 11) is 1.40. The summed E-state index contributed by atoms with van der Waals surface area (Å²) in [6.07, 6.45) is 0.590. The van der Waals surface area contributed by atoms with Crippen LogP contribution in [0.4, 0.5) is 5.69 Å². The Labute approximate surface area is 109 Å². The van der Waals surface area contributed by atoms with Crippen molar-refractivity contribution in [3.63, 3.8) is 0 Å². The molecule has 6 heteroatoms. The van der Waals surface area contributed by atoms with Gasteiger partial charge in [-0.15, -0.1) is 23.2 Å². The number of nitro benzene ring substituents is 1. The molecule has 0 aliphatic heterocycles. The molecule has 0 bridgehead atoms. The molecule has 1 unspecified atom stereocenters. The van der Waals surface area contributed by atoms with Crippen molar-refractivity contribution in [1.29, 1.82) is 0 Å². The molecule has 0 aromatic heterocycles. The lowest BCUT2D eigenvalue weighted by Gasteiger charge is -2.13. The molecule has 0 N–H and O–H groups in total. The molecule has 0 amide bonds. The SMILES string of the molecule is COc1ccc(C2(C)CC2(Cl)Cl)cc1[N+](=O)[O-]. The summed E-state index contributed by atoms with van der Waals surface area (Å²) in [6.45, 7) is 1.89. The normalized spacial score (nSPS) is 25.4. The molecule has 0 radical (unpaired) electrons. The molecular weight excluding hydrogens is 265 g/mol. The van der Waals surface area contributed by atoms with Crippen LogP contribution < -0.4 is 4.74 Å². The number of hydrogen-bond acceptors (Lipinski definition) is 3. The third-order valence-electron chi connectivity index (χ3n) is 3.27. The molecule has 1 aliphatic rings. The van der Waals surface area contributed by atoms with Gasteiger partial charge >= 0.3 is 5.69 Å². The number of ether oxygens (including phenoxy) is 1. The van der Waals surface area contributed by atoms with E-state index in [-0.39, 0.29) is 11.4 Å². The lowest BCUT2D eigenvalue weighted by molar-refractivity contribution is -0.385. The fourth-order valence-electron chi connectivity index (χ4n) is 1.89. The summed E-state index contributed by atoms with van der Waals surface area (Å²) >= 11 is 12.1. The first-order chi connectivity index (χ1) is 7.82. The minimum atomic E-state index is -0.838. The van der Waals surface area contributed by atoms with Crippen LogP contribution in [-0.2, 0) is 5.41 Å². The van der Waals surface area contributed by atoms with Gasteiger partial charge in [0.2, 0.25) is 0 Å². The van der Waals surface area contributed by atoms with Gasteiger partial charge in [0.05, 0.1) is 12.0 Å². The average molecular weight is 276 g/mol. The van der Waals surface area contributed by atoms with Gasteiger partial charge in [-0.3, -0.25) is 10.1 Å². The van der Waals surface area contributed by atoms with Crippen LogP contribution >= 0.6 is 23.2 Å². The largest absolute Gasteiger partial charge is 0.490 e. The standard InChI is InChI=1S/C11H11Cl2NO3/c1-10(6-11(10,12)13)7-3-4-9(17-2)8(5-7)14(15)16/h3-5H,6H2,1-2H3. The van der Waals surface area contributed by atoms with Crippen LogP contribution in [-0.4, -0.2) is 16.4 Å². The molecule has 17 heavy (non-hydrogen) atoms. The number of nitro groups is 1. The molecule has 92 valence electrons. The first kappa shape index (κ1) is 12.5. The number of benzene rings is 1. The molecule has 1 aliphatic carbocycles. The number of hydrogen-bond donors (Lipinski definition) is 0. The van der Waals surface area contributed by atoms with E-state index in [9.17, 15) is 10.1 Å². The van der Waals surface area contributed by atoms with E-state index < -0.39 is 14.7 Å². The minimum absolute atomic E-state index is 0.0674. The second kappa shape index (κ2) is 3.75. The van der Waals surface area contributed by atoms with Gasteiger partial charge in [0.1, 0.15) is 4.33 Å². The third kappa shape index (κ3) is 1.85. The van der Waals surface area contributed by atoms with Gasteiger partial charge < -0.3 is 4.74 Å². The lowest BCUT2D eigenvalue weighted by Crippen LogP contribution is -2.10. The molecule has 2 rings (SSSR count). The topological polar surface area (TPSA) is 52.4 Å². The molecule has 1 aromatic carbocycles. The van der Waals surface area contributed by atoms with Gasteiger partial charge in [-0.1, -0.05) is 13.0 Å². The molecule has 0 saturated heterocycles. The predicted molar refractivity (Wildman–Crippen MR) is 66.1 cm³/mol. The number of nitrogens with zero attached hydrogens (tertiary/aromatic N) is 1. The van der Waals surface area contributed by atoms with Gasteiger partial charge in [-0.2, -0.15) is 0 Å². The Morgan fingerprint density at radius 1 is 1.47 bits per heavy atom. The highest BCUT2D eigenvalue weighted by molar-refractivity contribution is 6.52. The number of alkyl halides is 2. The highest BCUT2D eigenvalue weighted by Gasteiger charge is 2.64. The van der Waals surface area contributed by atoms with E-state index in [4.69, 9.17) is 27.9 Å². The maximum atomic E-state index is 10.9. The quantitative estimate of drug-likeness (QED) is 0.482. The van der Waals surface area contributed by atoms with Gasteiger partial charge in [-0.25, -0.2) is 0 Å². The van der Waals surface area contributed by atoms with E-state index in [2.05, 4.69) is 0 Å². The van der Waals surface area contributed by atoms with Gasteiger partial charge in [0.15, 0.2) is 5.75 Å². The van der Waals surface area contributed by atoms with Crippen molar-refractivity contribution < 1.29 is 9.66 Å². The Hall–Kier alpha value is -1.00. The molecular formula is C11H11Cl2NO3. The highest BCUT2D eigenvalue weighted by Crippen LogP contribution is 2.64. The van der Waals surface area contributed by atoms with Gasteiger partial charge in [0.25, 0.3) is 0 Å². The number of rotatable bonds is 3. The second-order valence-electron chi connectivity index (χ2n) is 4.36. The van der Waals surface area contributed by atoms with Crippen molar-refractivity contribution in [3.05, 3.63) is 33.9 Å². The molecule has 1 fully saturated rings. The fourth-order valence-corrected chi connectivity index (χ4v) is 2.64. The highest BCUT2D eigenvalue weighted by atomic mass is 35.5. The summed E-state index contributed by atoms with van der Waals surface area (Å²) in [5, 5.41) is 10.9. The Kier molecular flexibility index (Phi) is 2.75. The smallest absolute Gasteiger partial charge is 0.311 e. The van der Waals surface area contributed by atoms with Crippen LogP contribution in [0.3, 0.4) is 0 Å². The van der Waals surface area contributed by atoms with E-state index in [1.165, 1.54) is 13.2 Å². The molecule has 1 aromatic rings. The number of halogens is 2. The van der Waals surface area contributed by atoms with E-state index in [0.29, 0.717) is 6.42 Å². The summed E-state index contributed by atoms with van der Waals surface area (Å²) in [5.74, 6) is 0.234. The summed E-state index contributed by atoms with van der Waals surface area (Å²) in [4.78, 5) is 10.4. The maximum absolute atomic E-state index is 10.9. The van der Waals surface area contributed by atoms with Crippen LogP contribution in [0.2, 0.25) is 0 Å². The summed E-state index contributed by atoms with van der Waals surface area (Å²) < 4.78 is 4.10. The van der Waals surface area contributed by atoms with Gasteiger partial charge in [-0.05, 0) is 18.1 Å². The van der Waals surface area contributed by atoms with Crippen molar-refractivity contribution >= 4 is 28.9 Å². The first-order valence-corrected chi connectivity index (χ1v) is 5.78. The van der Waals surface area contributed by atoms with Crippen molar-refractivity contribution in [2.45, 2.75) is 23.1 Å². The van der Waals surface area contributed by atoms with Crippen LogP contribution in [0.5, 0.6) is 5.75 Å². The summed E-state index contributed by atoms with van der Waals surface area (Å²) in [6, 6.07) is 4.81. The second-order valence-corrected chi connectivity index (χ2v) is 5.84. The molecule has 0 spiro atoms. The van der Waals surface area contributed by atoms with E-state index in [0.717, 1.165) is 5.56 Å². The molecule has 1 atom stereocenters. The fraction of sp³-hybridized carbons (Fsp3) is 0.455. The van der Waals surface area contributed by atoms with Crippen molar-refractivity contribution in [1.82, 2.24) is 0 Å². The molecule has 0 heterocycles. The van der Waals surface area contributed by atoms with Crippen molar-refractivity contribution in [3.8, 4) is 5.75 Å². The van der Waals surface area contributed by atoms with Crippen molar-refractivity contribution in [2.75, 3.05) is 7.11 Å². The average Bonchev–Trinajstić information content (AvgIpc) is 2.78. The van der Waals surface area contributed by atoms with Crippen LogP contribution in [0.15, 0.2) is 18.2 Å². The Morgan fingerprint density at radius 2 is 2.06 bits per heavy atom. The summed E-state index contributed by atoms with van der Waals surface area (Å²) in [5.41, 5.74) is 0.268. The molecule has 4 nitrogen and oxygen atoms in total. The van der Waals surface area contributed by atoms with Crippen LogP contribution in [0.1, 0.15) is 18.9 Å². The number of methoxy groups -OCH3 is 1. The zero-order valence-corrected chi connectivity index (χ0v) is 10.9. The van der Waals surface area contributed by atoms with E-state index in [1.54, 1.807) is 12.1 Å². The van der Waals surface area contributed by atoms with Crippen LogP contribution in [0, 0.1) is 10.1 Å². The Morgan fingerprint density at radius 3 is 2.47 bits per heavy atom. The maximum Gasteiger partial charge on any atom is 0.311 e. The predicted octanol–water partition coefficient (Wildman–Crippen LogP) is 3.44. The molecule has 1 saturated carbocycles. The van der Waals surface area contributed by atoms with Gasteiger partial charge in [0, 0.05) is 11.5 Å². The Balaban J connectivity index is 2.46. The third-order valence-corrected chi connectivity index (χ3v) is 4.37. The van der Waals surface area contributed by atoms with Crippen LogP contribution in [0.25, 0.3) is 0 Å². The van der Waals surface area contributed by atoms with E-state index in [1.807, 2.05) is 6.92 Å². The lowest BCUT2D eigenvalue weighted by atomic mass is 9.97. The zero-order valence-electron chi connectivity index (χ0n) is 9.37. The van der Waals surface area contributed by atoms with E-state index >= 15 is 0 Å². The van der Waals surface area contributed by atoms with Crippen molar-refractivity contribution in [2.24, 2.45) is 0 Å². The minimum Gasteiger partial charge on any atom is -0.490 e. The monoisotopic (exact) mass is 275 g/mol.